The third-order valence-corrected chi connectivity index (χ3v) is 7.30. The number of pyridine rings is 1. The highest BCUT2D eigenvalue weighted by Crippen LogP contribution is 2.45. The van der Waals surface area contributed by atoms with Gasteiger partial charge in [0.2, 0.25) is 5.91 Å². The molecule has 10 nitrogen and oxygen atoms in total. The molecule has 12 heteroatoms. The highest BCUT2D eigenvalue weighted by atomic mass is 19.1. The number of anilines is 2. The minimum atomic E-state index is -1.25. The molecule has 2 aromatic carbocycles. The molecular weight excluding hydrogens is 532 g/mol. The minimum Gasteiger partial charge on any atom is -0.481 e. The average molecular weight is 556 g/mol. The summed E-state index contributed by atoms with van der Waals surface area (Å²) in [7, 11) is 0. The van der Waals surface area contributed by atoms with E-state index < -0.39 is 23.0 Å². The van der Waals surface area contributed by atoms with Gasteiger partial charge in [-0.25, -0.2) is 28.4 Å². The second-order valence-corrected chi connectivity index (χ2v) is 9.95. The van der Waals surface area contributed by atoms with Gasteiger partial charge in [0.05, 0.1) is 23.7 Å². The third-order valence-electron chi connectivity index (χ3n) is 7.30. The Balaban J connectivity index is 1.44. The number of carbonyl (C=O) groups is 2. The first kappa shape index (κ1) is 26.0. The van der Waals surface area contributed by atoms with Gasteiger partial charge in [0.25, 0.3) is 0 Å². The first-order chi connectivity index (χ1) is 19.6. The largest absolute Gasteiger partial charge is 0.481 e. The fourth-order valence-electron chi connectivity index (χ4n) is 5.18. The molecule has 0 fully saturated rings. The van der Waals surface area contributed by atoms with Crippen LogP contribution >= 0.6 is 0 Å². The SMILES string of the molecule is CC1(c2cccc(CCC(=O)O)c2)C(=O)Nc2nc(-c3nn(Cc4ccccc4F)c4ncc(F)cc34)nc(N)c21. The molecule has 5 aromatic rings. The highest BCUT2D eigenvalue weighted by molar-refractivity contribution is 6.09. The summed E-state index contributed by atoms with van der Waals surface area (Å²) in [5.41, 5.74) is 7.73. The summed E-state index contributed by atoms with van der Waals surface area (Å²) >= 11 is 0. The number of hydrogen-bond acceptors (Lipinski definition) is 7. The molecule has 4 heterocycles. The molecule has 6 rings (SSSR count). The Hall–Kier alpha value is -5.26. The van der Waals surface area contributed by atoms with E-state index in [1.165, 1.54) is 16.8 Å². The van der Waals surface area contributed by atoms with Crippen molar-refractivity contribution >= 4 is 34.5 Å². The number of halogens is 2. The van der Waals surface area contributed by atoms with Crippen LogP contribution in [0.1, 0.15) is 35.6 Å². The zero-order valence-electron chi connectivity index (χ0n) is 21.7. The smallest absolute Gasteiger partial charge is 0.303 e. The second kappa shape index (κ2) is 9.73. The molecule has 4 N–H and O–H groups in total. The quantitative estimate of drug-likeness (QED) is 0.272. The fraction of sp³-hybridized carbons (Fsp3) is 0.172. The van der Waals surface area contributed by atoms with Crippen molar-refractivity contribution in [1.29, 1.82) is 0 Å². The van der Waals surface area contributed by atoms with Crippen molar-refractivity contribution in [2.75, 3.05) is 11.1 Å². The minimum absolute atomic E-state index is 0.0166. The van der Waals surface area contributed by atoms with Crippen LogP contribution in [0.2, 0.25) is 0 Å². The molecular formula is C29H23F2N7O3. The summed E-state index contributed by atoms with van der Waals surface area (Å²) < 4.78 is 30.1. The van der Waals surface area contributed by atoms with E-state index in [0.717, 1.165) is 11.8 Å². The molecule has 1 unspecified atom stereocenters. The van der Waals surface area contributed by atoms with Gasteiger partial charge in [0, 0.05) is 12.0 Å². The fourth-order valence-corrected chi connectivity index (χ4v) is 5.18. The summed E-state index contributed by atoms with van der Waals surface area (Å²) in [6, 6.07) is 14.5. The number of rotatable bonds is 7. The van der Waals surface area contributed by atoms with Crippen molar-refractivity contribution < 1.29 is 23.5 Å². The number of carbonyl (C=O) groups excluding carboxylic acids is 1. The maximum Gasteiger partial charge on any atom is 0.303 e. The number of nitrogens with one attached hydrogen (secondary N) is 1. The molecule has 3 aromatic heterocycles. The van der Waals surface area contributed by atoms with Crippen molar-refractivity contribution in [3.8, 4) is 11.5 Å². The van der Waals surface area contributed by atoms with Crippen LogP contribution in [-0.4, -0.2) is 41.7 Å². The number of carboxylic acids is 1. The van der Waals surface area contributed by atoms with Crippen molar-refractivity contribution in [2.45, 2.75) is 31.7 Å². The van der Waals surface area contributed by atoms with E-state index in [0.29, 0.717) is 34.1 Å². The molecule has 1 aliphatic rings. The lowest BCUT2D eigenvalue weighted by atomic mass is 9.77. The van der Waals surface area contributed by atoms with Gasteiger partial charge < -0.3 is 16.2 Å². The molecule has 1 aliphatic heterocycles. The van der Waals surface area contributed by atoms with Crippen LogP contribution in [0, 0.1) is 11.6 Å². The molecule has 41 heavy (non-hydrogen) atoms. The maximum atomic E-state index is 14.4. The number of nitrogens with two attached hydrogens (primary N) is 1. The molecule has 0 saturated carbocycles. The van der Waals surface area contributed by atoms with Gasteiger partial charge in [-0.15, -0.1) is 0 Å². The number of aromatic nitrogens is 5. The van der Waals surface area contributed by atoms with Gasteiger partial charge in [0.1, 0.15) is 34.4 Å². The molecule has 0 radical (unpaired) electrons. The molecule has 0 spiro atoms. The second-order valence-electron chi connectivity index (χ2n) is 9.95. The number of amides is 1. The molecule has 1 amide bonds. The first-order valence-corrected chi connectivity index (χ1v) is 12.7. The monoisotopic (exact) mass is 555 g/mol. The lowest BCUT2D eigenvalue weighted by Gasteiger charge is -2.24. The molecule has 0 saturated heterocycles. The van der Waals surface area contributed by atoms with Crippen LogP contribution in [0.5, 0.6) is 0 Å². The standard InChI is InChI=1S/C29H23F2N7O3/c1-29(17-7-4-5-15(11-17)9-10-21(39)40)22-24(32)34-26(35-25(22)36-28(29)41)23-19-12-18(30)13-33-27(19)38(37-23)14-16-6-2-3-8-20(16)31/h2-8,11-13H,9-10,14H2,1H3,(H,39,40)(H3,32,34,35,36,41). The van der Waals surface area contributed by atoms with Crippen LogP contribution in [0.15, 0.2) is 60.8 Å². The van der Waals surface area contributed by atoms with Crippen molar-refractivity contribution in [2.24, 2.45) is 0 Å². The Kier molecular flexibility index (Phi) is 6.17. The van der Waals surface area contributed by atoms with Crippen molar-refractivity contribution in [3.63, 3.8) is 0 Å². The Labute approximate surface area is 231 Å². The number of fused-ring (bicyclic) bond motifs is 2. The van der Waals surface area contributed by atoms with Gasteiger partial charge in [-0.2, -0.15) is 5.10 Å². The van der Waals surface area contributed by atoms with Crippen molar-refractivity contribution in [3.05, 3.63) is 94.7 Å². The van der Waals surface area contributed by atoms with Gasteiger partial charge >= 0.3 is 5.97 Å². The average Bonchev–Trinajstić information content (AvgIpc) is 3.43. The van der Waals surface area contributed by atoms with Gasteiger partial charge in [-0.05, 0) is 36.6 Å². The summed E-state index contributed by atoms with van der Waals surface area (Å²) in [6.45, 7) is 1.72. The van der Waals surface area contributed by atoms with Crippen LogP contribution in [0.25, 0.3) is 22.6 Å². The Morgan fingerprint density at radius 2 is 1.93 bits per heavy atom. The van der Waals surface area contributed by atoms with Crippen molar-refractivity contribution in [1.82, 2.24) is 24.7 Å². The summed E-state index contributed by atoms with van der Waals surface area (Å²) in [4.78, 5) is 37.6. The van der Waals surface area contributed by atoms with E-state index in [4.69, 9.17) is 10.8 Å². The van der Waals surface area contributed by atoms with E-state index >= 15 is 0 Å². The zero-order valence-corrected chi connectivity index (χ0v) is 21.7. The van der Waals surface area contributed by atoms with E-state index in [9.17, 15) is 18.4 Å². The predicted octanol–water partition coefficient (Wildman–Crippen LogP) is 4.07. The maximum absolute atomic E-state index is 14.4. The summed E-state index contributed by atoms with van der Waals surface area (Å²) in [5, 5.41) is 16.7. The Morgan fingerprint density at radius 1 is 1.12 bits per heavy atom. The molecule has 206 valence electrons. The topological polar surface area (TPSA) is 149 Å². The number of carboxylic acid groups (broad SMARTS) is 1. The molecule has 0 aliphatic carbocycles. The lowest BCUT2D eigenvalue weighted by Crippen LogP contribution is -2.33. The van der Waals surface area contributed by atoms with Gasteiger partial charge in [-0.1, -0.05) is 42.5 Å². The normalized spacial score (nSPS) is 16.1. The number of nitrogen functional groups attached to an aromatic ring is 1. The number of hydrogen-bond donors (Lipinski definition) is 3. The highest BCUT2D eigenvalue weighted by Gasteiger charge is 2.47. The molecule has 1 atom stereocenters. The zero-order chi connectivity index (χ0) is 28.9. The summed E-state index contributed by atoms with van der Waals surface area (Å²) in [6.07, 6.45) is 1.29. The molecule has 0 bridgehead atoms. The lowest BCUT2D eigenvalue weighted by molar-refractivity contribution is -0.137. The van der Waals surface area contributed by atoms with Crippen LogP contribution in [0.4, 0.5) is 20.4 Å². The Bertz CT molecular complexity index is 1870. The van der Waals surface area contributed by atoms with Gasteiger partial charge in [0.15, 0.2) is 11.5 Å². The Morgan fingerprint density at radius 3 is 2.71 bits per heavy atom. The van der Waals surface area contributed by atoms with E-state index in [1.54, 1.807) is 49.4 Å². The third kappa shape index (κ3) is 4.42. The van der Waals surface area contributed by atoms with Crippen LogP contribution < -0.4 is 11.1 Å². The van der Waals surface area contributed by atoms with Crippen LogP contribution in [-0.2, 0) is 28.0 Å². The summed E-state index contributed by atoms with van der Waals surface area (Å²) in [5.74, 6) is -2.11. The number of aliphatic carboxylic acids is 1. The number of aryl methyl sites for hydroxylation is 1. The van der Waals surface area contributed by atoms with E-state index in [-0.39, 0.29) is 42.0 Å². The van der Waals surface area contributed by atoms with E-state index in [1.807, 2.05) is 0 Å². The predicted molar refractivity (Wildman–Crippen MR) is 146 cm³/mol. The van der Waals surface area contributed by atoms with Crippen LogP contribution in [0.3, 0.4) is 0 Å². The van der Waals surface area contributed by atoms with E-state index in [2.05, 4.69) is 25.4 Å². The first-order valence-electron chi connectivity index (χ1n) is 12.7. The number of nitrogens with zero attached hydrogens (tertiary/aromatic N) is 5. The van der Waals surface area contributed by atoms with Gasteiger partial charge in [-0.3, -0.25) is 9.59 Å². The number of benzene rings is 2.